The molecule has 26 heavy (non-hydrogen) atoms. The molecule has 0 amide bonds. The number of benzene rings is 2. The van der Waals surface area contributed by atoms with Crippen LogP contribution < -0.4 is 9.47 Å². The van der Waals surface area contributed by atoms with E-state index in [1.54, 1.807) is 42.5 Å². The van der Waals surface area contributed by atoms with Crippen LogP contribution in [0.5, 0.6) is 11.5 Å². The fraction of sp³-hybridized carbons (Fsp3) is 0. The average molecular weight is 383 g/mol. The van der Waals surface area contributed by atoms with Crippen LogP contribution in [0.25, 0.3) is 6.08 Å². The first-order chi connectivity index (χ1) is 12.6. The Bertz CT molecular complexity index is 1040. The fourth-order valence-electron chi connectivity index (χ4n) is 2.52. The summed E-state index contributed by atoms with van der Waals surface area (Å²) in [6, 6.07) is 15.1. The molecule has 0 atom stereocenters. The molecule has 0 aliphatic carbocycles. The lowest BCUT2D eigenvalue weighted by Gasteiger charge is -2.06. The summed E-state index contributed by atoms with van der Waals surface area (Å²) in [5.74, 6) is 0.116. The fourth-order valence-corrected chi connectivity index (χ4v) is 3.38. The van der Waals surface area contributed by atoms with E-state index >= 15 is 0 Å². The van der Waals surface area contributed by atoms with Gasteiger partial charge in [-0.05, 0) is 35.7 Å². The molecule has 0 bridgehead atoms. The standard InChI is InChI=1S/C20H11ClO4S/c21-16-6-2-1-5-14(16)20(23)24-12-7-8-15-17(10-12)25-18(19(15)22)11-13-4-3-9-26-13/h1-11H. The lowest BCUT2D eigenvalue weighted by Crippen LogP contribution is -2.09. The van der Waals surface area contributed by atoms with Crippen LogP contribution in [-0.4, -0.2) is 11.8 Å². The number of thiophene rings is 1. The Morgan fingerprint density at radius 2 is 1.96 bits per heavy atom. The third kappa shape index (κ3) is 3.14. The number of fused-ring (bicyclic) bond motifs is 1. The number of allylic oxidation sites excluding steroid dienone is 1. The van der Waals surface area contributed by atoms with Crippen LogP contribution in [0.15, 0.2) is 65.7 Å². The highest BCUT2D eigenvalue weighted by Crippen LogP contribution is 2.35. The van der Waals surface area contributed by atoms with Gasteiger partial charge in [-0.25, -0.2) is 4.79 Å². The smallest absolute Gasteiger partial charge is 0.345 e. The van der Waals surface area contributed by atoms with Crippen molar-refractivity contribution >= 4 is 40.8 Å². The summed E-state index contributed by atoms with van der Waals surface area (Å²) in [6.45, 7) is 0. The van der Waals surface area contributed by atoms with Gasteiger partial charge in [0.25, 0.3) is 0 Å². The van der Waals surface area contributed by atoms with Crippen molar-refractivity contribution in [1.82, 2.24) is 0 Å². The van der Waals surface area contributed by atoms with E-state index in [0.29, 0.717) is 16.3 Å². The number of carbonyl (C=O) groups excluding carboxylic acids is 2. The normalized spacial score (nSPS) is 14.2. The molecule has 1 aliphatic rings. The number of hydrogen-bond donors (Lipinski definition) is 0. The number of esters is 1. The summed E-state index contributed by atoms with van der Waals surface area (Å²) in [4.78, 5) is 25.6. The van der Waals surface area contributed by atoms with Crippen molar-refractivity contribution in [1.29, 1.82) is 0 Å². The lowest BCUT2D eigenvalue weighted by atomic mass is 10.1. The molecule has 2 aromatic carbocycles. The van der Waals surface area contributed by atoms with Crippen molar-refractivity contribution in [3.05, 3.63) is 86.8 Å². The topological polar surface area (TPSA) is 52.6 Å². The molecule has 6 heteroatoms. The summed E-state index contributed by atoms with van der Waals surface area (Å²) in [5.41, 5.74) is 0.704. The van der Waals surface area contributed by atoms with Crippen molar-refractivity contribution in [2.75, 3.05) is 0 Å². The molecule has 0 spiro atoms. The first kappa shape index (κ1) is 16.6. The zero-order valence-electron chi connectivity index (χ0n) is 13.3. The number of ketones is 1. The van der Waals surface area contributed by atoms with Gasteiger partial charge >= 0.3 is 5.97 Å². The van der Waals surface area contributed by atoms with E-state index in [2.05, 4.69) is 0 Å². The van der Waals surface area contributed by atoms with Crippen LogP contribution in [-0.2, 0) is 0 Å². The van der Waals surface area contributed by atoms with Gasteiger partial charge in [0.2, 0.25) is 5.78 Å². The minimum absolute atomic E-state index is 0.197. The van der Waals surface area contributed by atoms with Gasteiger partial charge in [-0.2, -0.15) is 0 Å². The molecule has 0 fully saturated rings. The number of Topliss-reactive ketones (excluding diaryl/α,β-unsaturated/α-hetero) is 1. The molecule has 1 aliphatic heterocycles. The molecular formula is C20H11ClO4S. The quantitative estimate of drug-likeness (QED) is 0.353. The molecule has 0 unspecified atom stereocenters. The molecule has 1 aromatic heterocycles. The van der Waals surface area contributed by atoms with Crippen LogP contribution in [0.2, 0.25) is 5.02 Å². The molecule has 4 nitrogen and oxygen atoms in total. The Morgan fingerprint density at radius 1 is 1.12 bits per heavy atom. The maximum Gasteiger partial charge on any atom is 0.345 e. The van der Waals surface area contributed by atoms with Crippen molar-refractivity contribution in [3.63, 3.8) is 0 Å². The summed E-state index contributed by atoms with van der Waals surface area (Å²) in [5, 5.41) is 2.23. The maximum absolute atomic E-state index is 12.4. The first-order valence-corrected chi connectivity index (χ1v) is 8.96. The lowest BCUT2D eigenvalue weighted by molar-refractivity contribution is 0.0734. The van der Waals surface area contributed by atoms with Crippen LogP contribution in [0.4, 0.5) is 0 Å². The number of hydrogen-bond acceptors (Lipinski definition) is 5. The van der Waals surface area contributed by atoms with Crippen molar-refractivity contribution in [3.8, 4) is 11.5 Å². The predicted molar refractivity (Wildman–Crippen MR) is 100 cm³/mol. The minimum Gasteiger partial charge on any atom is -0.452 e. The van der Waals surface area contributed by atoms with Crippen LogP contribution in [0, 0.1) is 0 Å². The molecule has 0 saturated heterocycles. The number of rotatable bonds is 3. The summed E-state index contributed by atoms with van der Waals surface area (Å²) in [6.07, 6.45) is 1.70. The summed E-state index contributed by atoms with van der Waals surface area (Å²) in [7, 11) is 0. The Kier molecular flexibility index (Phi) is 4.32. The Labute approximate surface area is 158 Å². The van der Waals surface area contributed by atoms with E-state index in [1.165, 1.54) is 17.4 Å². The van der Waals surface area contributed by atoms with Gasteiger partial charge in [0, 0.05) is 17.0 Å². The molecule has 0 radical (unpaired) electrons. The van der Waals surface area contributed by atoms with Gasteiger partial charge < -0.3 is 9.47 Å². The molecule has 2 heterocycles. The monoisotopic (exact) mass is 382 g/mol. The predicted octanol–water partition coefficient (Wildman–Crippen LogP) is 5.24. The molecule has 128 valence electrons. The summed E-state index contributed by atoms with van der Waals surface area (Å²) >= 11 is 7.52. The highest BCUT2D eigenvalue weighted by molar-refractivity contribution is 7.10. The van der Waals surface area contributed by atoms with E-state index in [1.807, 2.05) is 17.5 Å². The maximum atomic E-state index is 12.4. The molecule has 0 N–H and O–H groups in total. The highest BCUT2D eigenvalue weighted by atomic mass is 35.5. The van der Waals surface area contributed by atoms with Gasteiger partial charge in [-0.3, -0.25) is 4.79 Å². The minimum atomic E-state index is -0.575. The van der Waals surface area contributed by atoms with E-state index in [-0.39, 0.29) is 22.9 Å². The van der Waals surface area contributed by atoms with Crippen LogP contribution in [0.1, 0.15) is 25.6 Å². The van der Waals surface area contributed by atoms with Gasteiger partial charge in [0.15, 0.2) is 5.76 Å². The zero-order valence-corrected chi connectivity index (χ0v) is 14.8. The van der Waals surface area contributed by atoms with Gasteiger partial charge in [0.1, 0.15) is 11.5 Å². The Balaban J connectivity index is 1.57. The second-order valence-corrected chi connectivity index (χ2v) is 6.87. The van der Waals surface area contributed by atoms with E-state index in [4.69, 9.17) is 21.1 Å². The molecular weight excluding hydrogens is 372 g/mol. The van der Waals surface area contributed by atoms with Crippen LogP contribution in [0.3, 0.4) is 0 Å². The molecule has 3 aromatic rings. The Morgan fingerprint density at radius 3 is 2.73 bits per heavy atom. The third-order valence-electron chi connectivity index (χ3n) is 3.76. The zero-order chi connectivity index (χ0) is 18.1. The SMILES string of the molecule is O=C(Oc1ccc2c(c1)OC(=Cc1cccs1)C2=O)c1ccccc1Cl. The third-order valence-corrected chi connectivity index (χ3v) is 4.91. The van der Waals surface area contributed by atoms with Crippen molar-refractivity contribution < 1.29 is 19.1 Å². The van der Waals surface area contributed by atoms with E-state index in [0.717, 1.165) is 4.88 Å². The second-order valence-electron chi connectivity index (χ2n) is 5.48. The van der Waals surface area contributed by atoms with Gasteiger partial charge in [-0.1, -0.05) is 29.8 Å². The number of halogens is 1. The van der Waals surface area contributed by atoms with Crippen molar-refractivity contribution in [2.45, 2.75) is 0 Å². The second kappa shape index (κ2) is 6.78. The number of ether oxygens (including phenoxy) is 2. The van der Waals surface area contributed by atoms with E-state index < -0.39 is 5.97 Å². The largest absolute Gasteiger partial charge is 0.452 e. The van der Waals surface area contributed by atoms with E-state index in [9.17, 15) is 9.59 Å². The molecule has 4 rings (SSSR count). The summed E-state index contributed by atoms with van der Waals surface area (Å²) < 4.78 is 11.0. The average Bonchev–Trinajstić information content (AvgIpc) is 3.24. The van der Waals surface area contributed by atoms with Gasteiger partial charge in [0.05, 0.1) is 16.1 Å². The van der Waals surface area contributed by atoms with Crippen molar-refractivity contribution in [2.24, 2.45) is 0 Å². The number of carbonyl (C=O) groups is 2. The Hall–Kier alpha value is -2.89. The highest BCUT2D eigenvalue weighted by Gasteiger charge is 2.28. The molecule has 0 saturated carbocycles. The van der Waals surface area contributed by atoms with Gasteiger partial charge in [-0.15, -0.1) is 11.3 Å². The first-order valence-electron chi connectivity index (χ1n) is 7.70. The van der Waals surface area contributed by atoms with Crippen LogP contribution >= 0.6 is 22.9 Å².